The van der Waals surface area contributed by atoms with Gasteiger partial charge in [0.25, 0.3) is 5.56 Å². The quantitative estimate of drug-likeness (QED) is 0.480. The number of thioether (sulfide) groups is 1. The largest absolute Gasteiger partial charge is 0.368 e. The lowest BCUT2D eigenvalue weighted by Crippen LogP contribution is -2.51. The Morgan fingerprint density at radius 1 is 1.71 bits per heavy atom. The number of rotatable bonds is 6. The van der Waals surface area contributed by atoms with Crippen molar-refractivity contribution in [2.24, 2.45) is 5.73 Å². The number of nitrogens with one attached hydrogen (secondary N) is 2. The molecule has 0 aliphatic heterocycles. The fourth-order valence-electron chi connectivity index (χ4n) is 1.15. The van der Waals surface area contributed by atoms with Gasteiger partial charge in [0.15, 0.2) is 5.16 Å². The Hall–Kier alpha value is -1.34. The number of hydrogen-bond donors (Lipinski definition) is 3. The number of likely N-dealkylation sites (N-methyl/N-ethyl adjacent to an activating group) is 1. The highest BCUT2D eigenvalue weighted by atomic mass is 32.2. The summed E-state index contributed by atoms with van der Waals surface area (Å²) in [5.41, 5.74) is 4.38. The zero-order chi connectivity index (χ0) is 12.9. The number of nitrogens with zero attached hydrogens (tertiary/aromatic N) is 1. The Morgan fingerprint density at radius 2 is 2.41 bits per heavy atom. The van der Waals surface area contributed by atoms with Crippen LogP contribution in [-0.4, -0.2) is 34.2 Å². The number of amides is 1. The van der Waals surface area contributed by atoms with E-state index in [1.54, 1.807) is 14.0 Å². The van der Waals surface area contributed by atoms with Gasteiger partial charge in [0.2, 0.25) is 5.91 Å². The summed E-state index contributed by atoms with van der Waals surface area (Å²) in [6.45, 7) is 1.75. The number of carbonyl (C=O) groups is 1. The van der Waals surface area contributed by atoms with Crippen LogP contribution in [0, 0.1) is 0 Å². The number of primary amides is 1. The van der Waals surface area contributed by atoms with Crippen LogP contribution in [0.25, 0.3) is 0 Å². The van der Waals surface area contributed by atoms with E-state index in [-0.39, 0.29) is 5.56 Å². The zero-order valence-electron chi connectivity index (χ0n) is 9.82. The summed E-state index contributed by atoms with van der Waals surface area (Å²) >= 11 is 1.38. The number of nitrogens with two attached hydrogens (primary N) is 1. The highest BCUT2D eigenvalue weighted by Crippen LogP contribution is 2.17. The first-order chi connectivity index (χ1) is 7.98. The van der Waals surface area contributed by atoms with Gasteiger partial charge in [-0.05, 0) is 20.4 Å². The molecule has 1 aromatic rings. The van der Waals surface area contributed by atoms with Gasteiger partial charge in [-0.25, -0.2) is 4.98 Å². The van der Waals surface area contributed by atoms with Crippen molar-refractivity contribution in [2.75, 3.05) is 12.8 Å². The van der Waals surface area contributed by atoms with Gasteiger partial charge in [0, 0.05) is 18.0 Å². The molecule has 1 rings (SSSR count). The molecule has 0 aliphatic rings. The van der Waals surface area contributed by atoms with Crippen LogP contribution in [0.15, 0.2) is 22.2 Å². The molecule has 1 atom stereocenters. The summed E-state index contributed by atoms with van der Waals surface area (Å²) in [6.07, 6.45) is 2.01. The van der Waals surface area contributed by atoms with Gasteiger partial charge in [-0.3, -0.25) is 9.59 Å². The molecule has 7 heteroatoms. The fourth-order valence-corrected chi connectivity index (χ4v) is 2.16. The smallest absolute Gasteiger partial charge is 0.251 e. The lowest BCUT2D eigenvalue weighted by Gasteiger charge is -2.24. The molecule has 0 saturated carbocycles. The molecule has 94 valence electrons. The van der Waals surface area contributed by atoms with E-state index in [1.165, 1.54) is 24.0 Å². The second-order valence-electron chi connectivity index (χ2n) is 3.78. The van der Waals surface area contributed by atoms with Crippen molar-refractivity contribution in [1.29, 1.82) is 0 Å². The van der Waals surface area contributed by atoms with Crippen molar-refractivity contribution < 1.29 is 4.79 Å². The molecule has 0 aromatic carbocycles. The molecule has 0 spiro atoms. The Bertz CT molecular complexity index is 448. The minimum Gasteiger partial charge on any atom is -0.368 e. The van der Waals surface area contributed by atoms with Crippen LogP contribution in [0.2, 0.25) is 0 Å². The van der Waals surface area contributed by atoms with Gasteiger partial charge in [-0.1, -0.05) is 11.8 Å². The molecule has 4 N–H and O–H groups in total. The van der Waals surface area contributed by atoms with E-state index in [2.05, 4.69) is 15.3 Å². The minimum absolute atomic E-state index is 0.186. The van der Waals surface area contributed by atoms with Gasteiger partial charge in [0.05, 0.1) is 5.54 Å². The SMILES string of the molecule is CNC(C)(CCSc1nccc(=O)[nH]1)C(N)=O. The maximum atomic E-state index is 11.2. The van der Waals surface area contributed by atoms with Gasteiger partial charge in [0.1, 0.15) is 0 Å². The van der Waals surface area contributed by atoms with E-state index in [0.29, 0.717) is 17.3 Å². The van der Waals surface area contributed by atoms with Crippen molar-refractivity contribution >= 4 is 17.7 Å². The first kappa shape index (κ1) is 13.7. The molecule has 0 bridgehead atoms. The van der Waals surface area contributed by atoms with E-state index in [0.717, 1.165) is 0 Å². The van der Waals surface area contributed by atoms with Gasteiger partial charge in [-0.15, -0.1) is 0 Å². The monoisotopic (exact) mass is 256 g/mol. The highest BCUT2D eigenvalue weighted by molar-refractivity contribution is 7.99. The molecule has 0 aliphatic carbocycles. The van der Waals surface area contributed by atoms with Crippen LogP contribution in [0.5, 0.6) is 0 Å². The molecule has 1 unspecified atom stereocenters. The van der Waals surface area contributed by atoms with E-state index < -0.39 is 11.4 Å². The number of hydrogen-bond acceptors (Lipinski definition) is 5. The van der Waals surface area contributed by atoms with Crippen molar-refractivity contribution in [1.82, 2.24) is 15.3 Å². The maximum absolute atomic E-state index is 11.2. The molecule has 1 amide bonds. The number of aromatic amines is 1. The molecule has 0 fully saturated rings. The van der Waals surface area contributed by atoms with E-state index >= 15 is 0 Å². The second kappa shape index (κ2) is 5.83. The van der Waals surface area contributed by atoms with E-state index in [1.807, 2.05) is 0 Å². The van der Waals surface area contributed by atoms with Gasteiger partial charge in [-0.2, -0.15) is 0 Å². The van der Waals surface area contributed by atoms with Crippen LogP contribution < -0.4 is 16.6 Å². The average molecular weight is 256 g/mol. The van der Waals surface area contributed by atoms with Crippen LogP contribution >= 0.6 is 11.8 Å². The van der Waals surface area contributed by atoms with Crippen LogP contribution in [0.4, 0.5) is 0 Å². The fraction of sp³-hybridized carbons (Fsp3) is 0.500. The predicted molar refractivity (Wildman–Crippen MR) is 66.9 cm³/mol. The summed E-state index contributed by atoms with van der Waals surface area (Å²) in [5.74, 6) is 0.239. The van der Waals surface area contributed by atoms with Gasteiger partial charge >= 0.3 is 0 Å². The number of aromatic nitrogens is 2. The van der Waals surface area contributed by atoms with Crippen molar-refractivity contribution in [3.8, 4) is 0 Å². The zero-order valence-corrected chi connectivity index (χ0v) is 10.6. The molecule has 17 heavy (non-hydrogen) atoms. The first-order valence-corrected chi connectivity index (χ1v) is 6.13. The Balaban J connectivity index is 2.53. The molecule has 1 heterocycles. The van der Waals surface area contributed by atoms with Crippen molar-refractivity contribution in [3.05, 3.63) is 22.6 Å². The van der Waals surface area contributed by atoms with Gasteiger partial charge < -0.3 is 16.0 Å². The standard InChI is InChI=1S/C10H16N4O2S/c1-10(12-2,8(11)16)4-6-17-9-13-5-3-7(15)14-9/h3,5,12H,4,6H2,1-2H3,(H2,11,16)(H,13,14,15). The number of H-pyrrole nitrogens is 1. The van der Waals surface area contributed by atoms with Crippen LogP contribution in [0.3, 0.4) is 0 Å². The summed E-state index contributed by atoms with van der Waals surface area (Å²) in [4.78, 5) is 28.8. The first-order valence-electron chi connectivity index (χ1n) is 5.15. The molecule has 1 aromatic heterocycles. The van der Waals surface area contributed by atoms with E-state index in [4.69, 9.17) is 5.73 Å². The molecule has 0 radical (unpaired) electrons. The average Bonchev–Trinajstić information content (AvgIpc) is 2.28. The van der Waals surface area contributed by atoms with Crippen LogP contribution in [-0.2, 0) is 4.79 Å². The summed E-state index contributed by atoms with van der Waals surface area (Å²) in [5, 5.41) is 3.44. The van der Waals surface area contributed by atoms with E-state index in [9.17, 15) is 9.59 Å². The third-order valence-corrected chi connectivity index (χ3v) is 3.47. The maximum Gasteiger partial charge on any atom is 0.251 e. The number of carbonyl (C=O) groups excluding carboxylic acids is 1. The molecular weight excluding hydrogens is 240 g/mol. The molecular formula is C10H16N4O2S. The lowest BCUT2D eigenvalue weighted by molar-refractivity contribution is -0.123. The summed E-state index contributed by atoms with van der Waals surface area (Å²) in [6, 6.07) is 1.35. The summed E-state index contributed by atoms with van der Waals surface area (Å²) < 4.78 is 0. The Morgan fingerprint density at radius 3 is 2.94 bits per heavy atom. The van der Waals surface area contributed by atoms with Crippen LogP contribution in [0.1, 0.15) is 13.3 Å². The Kier molecular flexibility index (Phi) is 4.71. The summed E-state index contributed by atoms with van der Waals surface area (Å²) in [7, 11) is 1.69. The molecule has 6 nitrogen and oxygen atoms in total. The minimum atomic E-state index is -0.734. The molecule has 0 saturated heterocycles. The third-order valence-electron chi connectivity index (χ3n) is 2.58. The predicted octanol–water partition coefficient (Wildman–Crippen LogP) is -0.284. The third kappa shape index (κ3) is 3.86. The topological polar surface area (TPSA) is 101 Å². The second-order valence-corrected chi connectivity index (χ2v) is 4.87. The van der Waals surface area contributed by atoms with Crippen molar-refractivity contribution in [2.45, 2.75) is 24.0 Å². The van der Waals surface area contributed by atoms with Crippen molar-refractivity contribution in [3.63, 3.8) is 0 Å². The highest BCUT2D eigenvalue weighted by Gasteiger charge is 2.28. The lowest BCUT2D eigenvalue weighted by atomic mass is 9.99. The normalized spacial score (nSPS) is 14.2. The Labute approximate surface area is 103 Å².